The number of aromatic nitrogens is 2. The number of benzene rings is 2. The molecule has 7 heteroatoms. The van der Waals surface area contributed by atoms with E-state index in [1.807, 2.05) is 43.3 Å². The van der Waals surface area contributed by atoms with E-state index in [0.717, 1.165) is 17.8 Å². The van der Waals surface area contributed by atoms with E-state index in [1.165, 1.54) is 23.1 Å². The number of hydrogen-bond donors (Lipinski definition) is 1. The van der Waals surface area contributed by atoms with Crippen molar-refractivity contribution in [1.82, 2.24) is 14.7 Å². The molecule has 2 aromatic carbocycles. The summed E-state index contributed by atoms with van der Waals surface area (Å²) in [5.41, 5.74) is 1.39. The van der Waals surface area contributed by atoms with Gasteiger partial charge in [0.05, 0.1) is 16.9 Å². The van der Waals surface area contributed by atoms with Crippen LogP contribution < -0.4 is 5.32 Å². The van der Waals surface area contributed by atoms with Crippen LogP contribution in [0.1, 0.15) is 56.6 Å². The molecule has 174 valence electrons. The van der Waals surface area contributed by atoms with Crippen molar-refractivity contribution in [1.29, 1.82) is 0 Å². The fourth-order valence-corrected chi connectivity index (χ4v) is 3.36. The smallest absolute Gasteiger partial charge is 0.257 e. The first kappa shape index (κ1) is 24.2. The average Bonchev–Trinajstić information content (AvgIpc) is 3.21. The fourth-order valence-electron chi connectivity index (χ4n) is 3.36. The van der Waals surface area contributed by atoms with Crippen molar-refractivity contribution in [2.24, 2.45) is 0 Å². The van der Waals surface area contributed by atoms with Crippen LogP contribution in [0.5, 0.6) is 0 Å². The molecule has 0 atom stereocenters. The first-order valence-corrected chi connectivity index (χ1v) is 11.2. The second-order valence-corrected chi connectivity index (χ2v) is 9.02. The molecule has 0 radical (unpaired) electrons. The van der Waals surface area contributed by atoms with Gasteiger partial charge in [-0.05, 0) is 30.7 Å². The summed E-state index contributed by atoms with van der Waals surface area (Å²) in [6, 6.07) is 17.2. The van der Waals surface area contributed by atoms with E-state index >= 15 is 0 Å². The molecule has 0 fully saturated rings. The predicted octanol–water partition coefficient (Wildman–Crippen LogP) is 5.19. The first-order chi connectivity index (χ1) is 15.7. The normalized spacial score (nSPS) is 11.3. The Morgan fingerprint density at radius 3 is 2.36 bits per heavy atom. The lowest BCUT2D eigenvalue weighted by molar-refractivity contribution is -0.117. The number of nitrogens with zero attached hydrogens (tertiary/aromatic N) is 3. The molecule has 0 bridgehead atoms. The van der Waals surface area contributed by atoms with Gasteiger partial charge < -0.3 is 10.2 Å². The summed E-state index contributed by atoms with van der Waals surface area (Å²) in [4.78, 5) is 27.4. The molecular formula is C26H31FN4O2. The first-order valence-electron chi connectivity index (χ1n) is 11.2. The highest BCUT2D eigenvalue weighted by Gasteiger charge is 2.24. The van der Waals surface area contributed by atoms with Crippen LogP contribution >= 0.6 is 0 Å². The second kappa shape index (κ2) is 10.4. The maximum Gasteiger partial charge on any atom is 0.257 e. The Morgan fingerprint density at radius 2 is 1.73 bits per heavy atom. The third-order valence-electron chi connectivity index (χ3n) is 5.25. The van der Waals surface area contributed by atoms with Crippen LogP contribution in [0, 0.1) is 5.82 Å². The highest BCUT2D eigenvalue weighted by molar-refractivity contribution is 5.99. The van der Waals surface area contributed by atoms with Crippen LogP contribution in [0.4, 0.5) is 10.2 Å². The van der Waals surface area contributed by atoms with E-state index in [1.54, 1.807) is 10.7 Å². The lowest BCUT2D eigenvalue weighted by Gasteiger charge is -2.22. The highest BCUT2D eigenvalue weighted by Crippen LogP contribution is 2.26. The number of anilines is 1. The topological polar surface area (TPSA) is 67.2 Å². The van der Waals surface area contributed by atoms with E-state index in [0.29, 0.717) is 18.8 Å². The summed E-state index contributed by atoms with van der Waals surface area (Å²) in [6.07, 6.45) is 1.56. The van der Waals surface area contributed by atoms with E-state index in [4.69, 9.17) is 5.10 Å². The van der Waals surface area contributed by atoms with E-state index in [-0.39, 0.29) is 23.4 Å². The molecule has 1 heterocycles. The summed E-state index contributed by atoms with van der Waals surface area (Å²) >= 11 is 0. The Kier molecular flexibility index (Phi) is 7.63. The number of halogens is 1. The highest BCUT2D eigenvalue weighted by atomic mass is 19.1. The van der Waals surface area contributed by atoms with Crippen molar-refractivity contribution in [2.75, 3.05) is 18.4 Å². The molecule has 1 N–H and O–H groups in total. The van der Waals surface area contributed by atoms with E-state index < -0.39 is 11.7 Å². The van der Waals surface area contributed by atoms with Gasteiger partial charge in [-0.2, -0.15) is 5.10 Å². The van der Waals surface area contributed by atoms with E-state index in [9.17, 15) is 14.0 Å². The molecule has 0 aliphatic heterocycles. The van der Waals surface area contributed by atoms with Crippen LogP contribution in [0.3, 0.4) is 0 Å². The van der Waals surface area contributed by atoms with Gasteiger partial charge in [-0.25, -0.2) is 9.07 Å². The molecule has 0 unspecified atom stereocenters. The maximum absolute atomic E-state index is 14.2. The number of para-hydroxylation sites is 1. The van der Waals surface area contributed by atoms with Gasteiger partial charge in [-0.1, -0.05) is 64.4 Å². The molecule has 0 spiro atoms. The molecule has 3 rings (SSSR count). The molecule has 33 heavy (non-hydrogen) atoms. The van der Waals surface area contributed by atoms with Gasteiger partial charge in [0.1, 0.15) is 18.2 Å². The number of hydrogen-bond acceptors (Lipinski definition) is 3. The van der Waals surface area contributed by atoms with Gasteiger partial charge in [-0.15, -0.1) is 0 Å². The summed E-state index contributed by atoms with van der Waals surface area (Å²) in [5, 5.41) is 7.60. The minimum Gasteiger partial charge on any atom is -0.329 e. The molecule has 3 aromatic rings. The quantitative estimate of drug-likeness (QED) is 0.514. The number of rotatable bonds is 8. The third kappa shape index (κ3) is 6.06. The maximum atomic E-state index is 14.2. The van der Waals surface area contributed by atoms with Gasteiger partial charge in [0.15, 0.2) is 0 Å². The van der Waals surface area contributed by atoms with Crippen LogP contribution in [-0.2, 0) is 10.2 Å². The van der Waals surface area contributed by atoms with Crippen LogP contribution in [-0.4, -0.2) is 39.6 Å². The fraction of sp³-hybridized carbons (Fsp3) is 0.346. The van der Waals surface area contributed by atoms with Crippen LogP contribution in [0.2, 0.25) is 0 Å². The van der Waals surface area contributed by atoms with Gasteiger partial charge in [0.2, 0.25) is 5.91 Å². The summed E-state index contributed by atoms with van der Waals surface area (Å²) in [5.74, 6) is -0.941. The Hall–Kier alpha value is -3.48. The summed E-state index contributed by atoms with van der Waals surface area (Å²) in [7, 11) is 0. The lowest BCUT2D eigenvalue weighted by Crippen LogP contribution is -2.39. The van der Waals surface area contributed by atoms with E-state index in [2.05, 4.69) is 26.1 Å². The zero-order chi connectivity index (χ0) is 24.0. The van der Waals surface area contributed by atoms with Gasteiger partial charge in [-0.3, -0.25) is 9.59 Å². The van der Waals surface area contributed by atoms with Crippen molar-refractivity contribution in [3.05, 3.63) is 77.7 Å². The summed E-state index contributed by atoms with van der Waals surface area (Å²) < 4.78 is 15.9. The number of amides is 2. The Bertz CT molecular complexity index is 1100. The Balaban J connectivity index is 1.85. The minimum absolute atomic E-state index is 0.0363. The van der Waals surface area contributed by atoms with Crippen LogP contribution in [0.15, 0.2) is 60.7 Å². The minimum atomic E-state index is -0.596. The molecule has 0 aliphatic carbocycles. The van der Waals surface area contributed by atoms with Crippen molar-refractivity contribution in [3.8, 4) is 5.69 Å². The average molecular weight is 451 g/mol. The van der Waals surface area contributed by atoms with Crippen molar-refractivity contribution >= 4 is 17.6 Å². The van der Waals surface area contributed by atoms with Crippen molar-refractivity contribution in [2.45, 2.75) is 46.0 Å². The monoisotopic (exact) mass is 450 g/mol. The Labute approximate surface area is 194 Å². The number of unbranched alkanes of at least 4 members (excludes halogenated alkanes) is 1. The van der Waals surface area contributed by atoms with Gasteiger partial charge in [0.25, 0.3) is 5.91 Å². The zero-order valence-electron chi connectivity index (χ0n) is 19.6. The summed E-state index contributed by atoms with van der Waals surface area (Å²) in [6.45, 7) is 8.33. The number of carbonyl (C=O) groups is 2. The van der Waals surface area contributed by atoms with Gasteiger partial charge >= 0.3 is 0 Å². The number of carbonyl (C=O) groups excluding carboxylic acids is 2. The third-order valence-corrected chi connectivity index (χ3v) is 5.25. The van der Waals surface area contributed by atoms with Crippen molar-refractivity contribution < 1.29 is 14.0 Å². The lowest BCUT2D eigenvalue weighted by atomic mass is 9.92. The largest absolute Gasteiger partial charge is 0.329 e. The zero-order valence-corrected chi connectivity index (χ0v) is 19.6. The second-order valence-electron chi connectivity index (χ2n) is 9.02. The van der Waals surface area contributed by atoms with Crippen molar-refractivity contribution in [3.63, 3.8) is 0 Å². The molecule has 2 amide bonds. The molecule has 1 aromatic heterocycles. The molecule has 0 aliphatic rings. The number of nitrogens with one attached hydrogen (secondary N) is 1. The Morgan fingerprint density at radius 1 is 1.06 bits per heavy atom. The molecule has 0 saturated heterocycles. The van der Waals surface area contributed by atoms with Gasteiger partial charge in [0, 0.05) is 18.0 Å². The molecule has 0 saturated carbocycles. The SMILES string of the molecule is CCCCN(CC(=O)Nc1cc(C(C)(C)C)nn1-c1ccccc1)C(=O)c1ccccc1F. The molecule has 6 nitrogen and oxygen atoms in total. The molecular weight excluding hydrogens is 419 g/mol. The van der Waals surface area contributed by atoms with Crippen LogP contribution in [0.25, 0.3) is 5.69 Å². The predicted molar refractivity (Wildman–Crippen MR) is 128 cm³/mol. The standard InChI is InChI=1S/C26H31FN4O2/c1-5-6-16-30(25(33)20-14-10-11-15-21(20)27)18-24(32)28-23-17-22(26(2,3)4)29-31(23)19-12-8-7-9-13-19/h7-15,17H,5-6,16,18H2,1-4H3,(H,28,32).